The van der Waals surface area contributed by atoms with Crippen LogP contribution in [0.3, 0.4) is 0 Å². The lowest BCUT2D eigenvalue weighted by molar-refractivity contribution is -0.385. The minimum absolute atomic E-state index is 0.0750. The smallest absolute Gasteiger partial charge is 0.430 e. The van der Waals surface area contributed by atoms with E-state index in [1.807, 2.05) is 36.4 Å². The van der Waals surface area contributed by atoms with Gasteiger partial charge in [-0.2, -0.15) is 26.3 Å². The number of urea groups is 1. The molecule has 0 bridgehead atoms. The highest BCUT2D eigenvalue weighted by molar-refractivity contribution is 6.07. The third kappa shape index (κ3) is 5.09. The normalized spacial score (nSPS) is 20.0. The molecule has 5 rings (SSSR count). The van der Waals surface area contributed by atoms with Gasteiger partial charge in [-0.15, -0.1) is 0 Å². The predicted octanol–water partition coefficient (Wildman–Crippen LogP) is 7.27. The Morgan fingerprint density at radius 1 is 0.953 bits per heavy atom. The van der Waals surface area contributed by atoms with Gasteiger partial charge in [0.15, 0.2) is 0 Å². The fourth-order valence-corrected chi connectivity index (χ4v) is 5.86. The van der Waals surface area contributed by atoms with Crippen LogP contribution in [-0.4, -0.2) is 42.3 Å². The van der Waals surface area contributed by atoms with Crippen LogP contribution in [0, 0.1) is 0 Å². The molecular formula is C31H30F6N2O4. The third-order valence-corrected chi connectivity index (χ3v) is 8.13. The van der Waals surface area contributed by atoms with Gasteiger partial charge in [0.25, 0.3) is 11.5 Å². The van der Waals surface area contributed by atoms with Crippen LogP contribution in [0.15, 0.2) is 54.6 Å². The number of hydrogen-bond donors (Lipinski definition) is 1. The van der Waals surface area contributed by atoms with Gasteiger partial charge in [0, 0.05) is 17.7 Å². The number of halogens is 6. The van der Waals surface area contributed by atoms with Crippen molar-refractivity contribution in [2.75, 3.05) is 13.2 Å². The Labute approximate surface area is 243 Å². The van der Waals surface area contributed by atoms with Crippen LogP contribution in [0.4, 0.5) is 31.1 Å². The Morgan fingerprint density at radius 2 is 1.65 bits per heavy atom. The van der Waals surface area contributed by atoms with E-state index in [0.29, 0.717) is 24.8 Å². The van der Waals surface area contributed by atoms with Crippen LogP contribution in [0.2, 0.25) is 0 Å². The largest absolute Gasteiger partial charge is 0.493 e. The number of carbonyl (C=O) groups excluding carboxylic acids is 2. The van der Waals surface area contributed by atoms with Crippen LogP contribution in [0.25, 0.3) is 10.8 Å². The summed E-state index contributed by atoms with van der Waals surface area (Å²) in [6, 6.07) is 14.6. The van der Waals surface area contributed by atoms with Crippen molar-refractivity contribution in [2.24, 2.45) is 0 Å². The number of hydrogen-bond acceptors (Lipinski definition) is 4. The summed E-state index contributed by atoms with van der Waals surface area (Å²) in [6.45, 7) is 2.74. The van der Waals surface area contributed by atoms with Crippen molar-refractivity contribution in [3.8, 4) is 5.75 Å². The number of nitrogens with one attached hydrogen (secondary N) is 1. The molecule has 0 aliphatic carbocycles. The van der Waals surface area contributed by atoms with Gasteiger partial charge in [-0.1, -0.05) is 55.8 Å². The molecule has 2 heterocycles. The fraction of sp³-hybridized carbons (Fsp3) is 0.419. The number of imide groups is 1. The highest BCUT2D eigenvalue weighted by atomic mass is 19.4. The van der Waals surface area contributed by atoms with E-state index in [-0.39, 0.29) is 36.4 Å². The van der Waals surface area contributed by atoms with Crippen molar-refractivity contribution in [1.29, 1.82) is 0 Å². The average Bonchev–Trinajstić information content (AvgIpc) is 3.46. The Morgan fingerprint density at radius 3 is 2.33 bits per heavy atom. The summed E-state index contributed by atoms with van der Waals surface area (Å²) in [7, 11) is 0. The van der Waals surface area contributed by atoms with E-state index < -0.39 is 47.6 Å². The molecule has 6 nitrogen and oxygen atoms in total. The first-order valence-electron chi connectivity index (χ1n) is 13.9. The molecule has 1 N–H and O–H groups in total. The van der Waals surface area contributed by atoms with E-state index in [1.54, 1.807) is 19.9 Å². The molecule has 3 amide bonds. The van der Waals surface area contributed by atoms with Crippen LogP contribution in [-0.2, 0) is 33.7 Å². The van der Waals surface area contributed by atoms with Gasteiger partial charge in [0.1, 0.15) is 11.3 Å². The van der Waals surface area contributed by atoms with E-state index in [2.05, 4.69) is 10.1 Å². The van der Waals surface area contributed by atoms with Gasteiger partial charge in [-0.3, -0.25) is 9.69 Å². The summed E-state index contributed by atoms with van der Waals surface area (Å²) in [5.74, 6) is -0.210. The van der Waals surface area contributed by atoms with Gasteiger partial charge in [-0.05, 0) is 60.2 Å². The molecule has 1 unspecified atom stereocenters. The number of ether oxygens (including phenoxy) is 2. The van der Waals surface area contributed by atoms with E-state index in [4.69, 9.17) is 4.74 Å². The Hall–Kier alpha value is -3.80. The summed E-state index contributed by atoms with van der Waals surface area (Å²) >= 11 is 0. The van der Waals surface area contributed by atoms with Crippen LogP contribution in [0.1, 0.15) is 55.4 Å². The lowest BCUT2D eigenvalue weighted by Gasteiger charge is -2.33. The van der Waals surface area contributed by atoms with Crippen molar-refractivity contribution in [3.05, 3.63) is 76.9 Å². The third-order valence-electron chi connectivity index (χ3n) is 8.13. The number of alkyl halides is 6. The summed E-state index contributed by atoms with van der Waals surface area (Å²) in [4.78, 5) is 27.2. The molecular weight excluding hydrogens is 578 g/mol. The Balaban J connectivity index is 1.24. The number of fused-ring (bicyclic) bond motifs is 2. The molecule has 2 aliphatic rings. The van der Waals surface area contributed by atoms with Gasteiger partial charge < -0.3 is 14.8 Å². The lowest BCUT2D eigenvalue weighted by Crippen LogP contribution is -2.53. The maximum Gasteiger partial charge on any atom is 0.430 e. The SMILES string of the molecule is CCCc1c(OCCCCN2C(=O)NC(C)(c3ccc4ccccc4c3)C2=O)ccc2c1COC2(C(F)(F)F)C(F)(F)F. The van der Waals surface area contributed by atoms with Crippen molar-refractivity contribution in [3.63, 3.8) is 0 Å². The predicted molar refractivity (Wildman–Crippen MR) is 145 cm³/mol. The van der Waals surface area contributed by atoms with Gasteiger partial charge >= 0.3 is 18.4 Å². The second-order valence-corrected chi connectivity index (χ2v) is 10.9. The fourth-order valence-electron chi connectivity index (χ4n) is 5.86. The zero-order chi connectivity index (χ0) is 31.2. The van der Waals surface area contributed by atoms with Crippen molar-refractivity contribution in [1.82, 2.24) is 10.2 Å². The second kappa shape index (κ2) is 11.0. The molecule has 3 aromatic rings. The average molecular weight is 609 g/mol. The van der Waals surface area contributed by atoms with E-state index in [0.717, 1.165) is 27.8 Å². The Bertz CT molecular complexity index is 1540. The summed E-state index contributed by atoms with van der Waals surface area (Å²) in [6.07, 6.45) is -10.0. The molecule has 3 aromatic carbocycles. The van der Waals surface area contributed by atoms with Gasteiger partial charge in [0.2, 0.25) is 0 Å². The van der Waals surface area contributed by atoms with Gasteiger partial charge in [-0.25, -0.2) is 4.79 Å². The van der Waals surface area contributed by atoms with Crippen LogP contribution >= 0.6 is 0 Å². The second-order valence-electron chi connectivity index (χ2n) is 10.9. The quantitative estimate of drug-likeness (QED) is 0.158. The maximum absolute atomic E-state index is 13.8. The monoisotopic (exact) mass is 608 g/mol. The number of nitrogens with zero attached hydrogens (tertiary/aromatic N) is 1. The van der Waals surface area contributed by atoms with Crippen molar-refractivity contribution >= 4 is 22.7 Å². The highest BCUT2D eigenvalue weighted by Crippen LogP contribution is 2.58. The molecule has 0 aromatic heterocycles. The summed E-state index contributed by atoms with van der Waals surface area (Å²) in [5, 5.41) is 4.72. The molecule has 2 aliphatic heterocycles. The van der Waals surface area contributed by atoms with E-state index >= 15 is 0 Å². The van der Waals surface area contributed by atoms with Gasteiger partial charge in [0.05, 0.1) is 13.2 Å². The standard InChI is InChI=1S/C31H30F6N2O4/c1-3-8-22-23-18-43-29(30(32,33)34,31(35,36)37)24(23)13-14-25(22)42-16-7-6-15-39-26(40)28(2,38-27(39)41)21-12-11-19-9-4-5-10-20(19)17-21/h4-5,9-14,17H,3,6-8,15-16,18H2,1-2H3,(H,38,41). The molecule has 1 fully saturated rings. The number of rotatable bonds is 9. The molecule has 230 valence electrons. The van der Waals surface area contributed by atoms with Crippen molar-refractivity contribution < 1.29 is 45.4 Å². The zero-order valence-corrected chi connectivity index (χ0v) is 23.5. The van der Waals surface area contributed by atoms with Crippen LogP contribution in [0.5, 0.6) is 5.75 Å². The number of unbranched alkanes of at least 4 members (excludes halogenated alkanes) is 1. The first-order valence-corrected chi connectivity index (χ1v) is 13.9. The summed E-state index contributed by atoms with van der Waals surface area (Å²) < 4.78 is 92.8. The lowest BCUT2D eigenvalue weighted by atomic mass is 9.87. The number of benzene rings is 3. The molecule has 0 radical (unpaired) electrons. The first-order chi connectivity index (χ1) is 20.2. The molecule has 1 saturated heterocycles. The molecule has 12 heteroatoms. The highest BCUT2D eigenvalue weighted by Gasteiger charge is 2.75. The van der Waals surface area contributed by atoms with Crippen molar-refractivity contribution in [2.45, 2.75) is 69.6 Å². The first kappa shape index (κ1) is 30.7. The molecule has 0 saturated carbocycles. The maximum atomic E-state index is 13.8. The number of amides is 3. The topological polar surface area (TPSA) is 67.9 Å². The van der Waals surface area contributed by atoms with Crippen LogP contribution < -0.4 is 10.1 Å². The summed E-state index contributed by atoms with van der Waals surface area (Å²) in [5.41, 5.74) is -5.85. The van der Waals surface area contributed by atoms with E-state index in [9.17, 15) is 35.9 Å². The zero-order valence-electron chi connectivity index (χ0n) is 23.5. The molecule has 43 heavy (non-hydrogen) atoms. The number of carbonyl (C=O) groups is 2. The molecule has 1 atom stereocenters. The minimum Gasteiger partial charge on any atom is -0.493 e. The van der Waals surface area contributed by atoms with E-state index in [1.165, 1.54) is 0 Å². The minimum atomic E-state index is -5.70. The molecule has 0 spiro atoms. The Kier molecular flexibility index (Phi) is 7.87.